The van der Waals surface area contributed by atoms with Gasteiger partial charge in [0, 0.05) is 22.5 Å². The first-order valence-corrected chi connectivity index (χ1v) is 9.09. The van der Waals surface area contributed by atoms with E-state index in [2.05, 4.69) is 27.3 Å². The molecule has 0 spiro atoms. The van der Waals surface area contributed by atoms with Crippen molar-refractivity contribution < 1.29 is 14.6 Å². The standard InChI is InChI=1S/C17H20BrNO3S/c1-22-13-4-5-15(18)14(11-13)17(21)19-8-6-12(7-9-20)16-3-2-10-23-16/h2-5,10-12,20H,6-9H2,1H3,(H,19,21)/t12-/m1/s1. The van der Waals surface area contributed by atoms with E-state index < -0.39 is 0 Å². The van der Waals surface area contributed by atoms with Crippen molar-refractivity contribution in [3.63, 3.8) is 0 Å². The van der Waals surface area contributed by atoms with Crippen LogP contribution in [0.5, 0.6) is 5.75 Å². The van der Waals surface area contributed by atoms with Crippen molar-refractivity contribution in [2.24, 2.45) is 0 Å². The number of thiophene rings is 1. The van der Waals surface area contributed by atoms with Gasteiger partial charge in [-0.1, -0.05) is 6.07 Å². The molecule has 2 aromatic rings. The highest BCUT2D eigenvalue weighted by atomic mass is 79.9. The van der Waals surface area contributed by atoms with Crippen molar-refractivity contribution in [2.75, 3.05) is 20.3 Å². The lowest BCUT2D eigenvalue weighted by Gasteiger charge is -2.15. The molecule has 0 saturated carbocycles. The summed E-state index contributed by atoms with van der Waals surface area (Å²) in [7, 11) is 1.57. The molecule has 0 fully saturated rings. The number of aliphatic hydroxyl groups excluding tert-OH is 1. The maximum Gasteiger partial charge on any atom is 0.252 e. The Kier molecular flexibility index (Phi) is 7.08. The van der Waals surface area contributed by atoms with E-state index in [1.165, 1.54) is 4.88 Å². The minimum absolute atomic E-state index is 0.135. The normalized spacial score (nSPS) is 12.0. The third kappa shape index (κ3) is 5.06. The molecular formula is C17H20BrNO3S. The molecule has 6 heteroatoms. The van der Waals surface area contributed by atoms with E-state index in [0.717, 1.165) is 10.9 Å². The fourth-order valence-corrected chi connectivity index (χ4v) is 3.70. The molecule has 2 N–H and O–H groups in total. The molecule has 1 aromatic carbocycles. The lowest BCUT2D eigenvalue weighted by Crippen LogP contribution is -2.26. The highest BCUT2D eigenvalue weighted by Crippen LogP contribution is 2.27. The summed E-state index contributed by atoms with van der Waals surface area (Å²) in [4.78, 5) is 13.6. The van der Waals surface area contributed by atoms with Gasteiger partial charge in [-0.25, -0.2) is 0 Å². The van der Waals surface area contributed by atoms with E-state index in [9.17, 15) is 9.90 Å². The van der Waals surface area contributed by atoms with E-state index in [4.69, 9.17) is 4.74 Å². The van der Waals surface area contributed by atoms with Crippen LogP contribution in [-0.4, -0.2) is 31.3 Å². The van der Waals surface area contributed by atoms with Crippen LogP contribution in [0.2, 0.25) is 0 Å². The Balaban J connectivity index is 1.93. The molecule has 0 saturated heterocycles. The Morgan fingerprint density at radius 2 is 2.22 bits per heavy atom. The molecule has 0 unspecified atom stereocenters. The van der Waals surface area contributed by atoms with Gasteiger partial charge >= 0.3 is 0 Å². The Hall–Kier alpha value is -1.37. The zero-order valence-corrected chi connectivity index (χ0v) is 15.3. The number of hydrogen-bond donors (Lipinski definition) is 2. The van der Waals surface area contributed by atoms with E-state index in [0.29, 0.717) is 24.3 Å². The van der Waals surface area contributed by atoms with Crippen LogP contribution >= 0.6 is 27.3 Å². The number of ether oxygens (including phenoxy) is 1. The molecule has 1 aromatic heterocycles. The Bertz CT molecular complexity index is 631. The number of nitrogens with one attached hydrogen (secondary N) is 1. The molecule has 0 aliphatic rings. The van der Waals surface area contributed by atoms with Crippen LogP contribution in [0.3, 0.4) is 0 Å². The summed E-state index contributed by atoms with van der Waals surface area (Å²) in [6.07, 6.45) is 1.51. The number of carbonyl (C=O) groups is 1. The maximum atomic E-state index is 12.3. The predicted octanol–water partition coefficient (Wildman–Crippen LogP) is 3.81. The van der Waals surface area contributed by atoms with Crippen LogP contribution in [-0.2, 0) is 0 Å². The summed E-state index contributed by atoms with van der Waals surface area (Å²) in [5, 5.41) is 14.2. The third-order valence-corrected chi connectivity index (χ3v) is 5.35. The fraction of sp³-hybridized carbons (Fsp3) is 0.353. The molecule has 0 aliphatic carbocycles. The van der Waals surface area contributed by atoms with E-state index >= 15 is 0 Å². The second-order valence-corrected chi connectivity index (χ2v) is 6.95. The maximum absolute atomic E-state index is 12.3. The van der Waals surface area contributed by atoms with E-state index in [1.807, 2.05) is 11.4 Å². The number of benzene rings is 1. The molecular weight excluding hydrogens is 378 g/mol. The molecule has 23 heavy (non-hydrogen) atoms. The average molecular weight is 398 g/mol. The van der Waals surface area contributed by atoms with E-state index in [-0.39, 0.29) is 18.4 Å². The predicted molar refractivity (Wildman–Crippen MR) is 96.4 cm³/mol. The van der Waals surface area contributed by atoms with Gasteiger partial charge in [-0.05, 0) is 64.3 Å². The van der Waals surface area contributed by atoms with Crippen molar-refractivity contribution >= 4 is 33.2 Å². The lowest BCUT2D eigenvalue weighted by molar-refractivity contribution is 0.0951. The molecule has 4 nitrogen and oxygen atoms in total. The molecule has 1 atom stereocenters. The summed E-state index contributed by atoms with van der Waals surface area (Å²) < 4.78 is 5.89. The number of amides is 1. The molecule has 0 radical (unpaired) electrons. The van der Waals surface area contributed by atoms with Crippen molar-refractivity contribution in [3.8, 4) is 5.75 Å². The first kappa shape index (κ1) is 18.0. The van der Waals surface area contributed by atoms with Gasteiger partial charge in [-0.3, -0.25) is 4.79 Å². The lowest BCUT2D eigenvalue weighted by atomic mass is 10.00. The first-order valence-electron chi connectivity index (χ1n) is 7.41. The molecule has 0 bridgehead atoms. The van der Waals surface area contributed by atoms with Crippen molar-refractivity contribution in [1.82, 2.24) is 5.32 Å². The highest BCUT2D eigenvalue weighted by molar-refractivity contribution is 9.10. The number of aliphatic hydroxyl groups is 1. The monoisotopic (exact) mass is 397 g/mol. The molecule has 1 heterocycles. The zero-order chi connectivity index (χ0) is 16.7. The number of methoxy groups -OCH3 is 1. The van der Waals surface area contributed by atoms with Crippen LogP contribution < -0.4 is 10.1 Å². The average Bonchev–Trinajstić information content (AvgIpc) is 3.08. The summed E-state index contributed by atoms with van der Waals surface area (Å²) in [5.74, 6) is 0.786. The minimum atomic E-state index is -0.135. The topological polar surface area (TPSA) is 58.6 Å². The SMILES string of the molecule is COc1ccc(Br)c(C(=O)NCC[C@H](CCO)c2cccs2)c1. The van der Waals surface area contributed by atoms with Crippen LogP contribution in [0.15, 0.2) is 40.2 Å². The molecule has 1 amide bonds. The van der Waals surface area contributed by atoms with Crippen LogP contribution in [0.1, 0.15) is 34.0 Å². The second kappa shape index (κ2) is 9.05. The Morgan fingerprint density at radius 3 is 2.87 bits per heavy atom. The summed E-state index contributed by atoms with van der Waals surface area (Å²) >= 11 is 5.08. The summed E-state index contributed by atoms with van der Waals surface area (Å²) in [6.45, 7) is 0.711. The van der Waals surface area contributed by atoms with Crippen molar-refractivity contribution in [2.45, 2.75) is 18.8 Å². The van der Waals surface area contributed by atoms with Crippen molar-refractivity contribution in [1.29, 1.82) is 0 Å². The number of hydrogen-bond acceptors (Lipinski definition) is 4. The largest absolute Gasteiger partial charge is 0.497 e. The number of carbonyl (C=O) groups excluding carboxylic acids is 1. The molecule has 124 valence electrons. The van der Waals surface area contributed by atoms with Crippen LogP contribution in [0.25, 0.3) is 0 Å². The highest BCUT2D eigenvalue weighted by Gasteiger charge is 2.14. The zero-order valence-electron chi connectivity index (χ0n) is 12.9. The van der Waals surface area contributed by atoms with Crippen LogP contribution in [0.4, 0.5) is 0 Å². The van der Waals surface area contributed by atoms with Gasteiger partial charge in [0.05, 0.1) is 12.7 Å². The summed E-state index contributed by atoms with van der Waals surface area (Å²) in [5.41, 5.74) is 0.555. The number of halogens is 1. The first-order chi connectivity index (χ1) is 11.2. The van der Waals surface area contributed by atoms with Gasteiger partial charge in [0.1, 0.15) is 5.75 Å². The van der Waals surface area contributed by atoms with E-state index in [1.54, 1.807) is 36.6 Å². The van der Waals surface area contributed by atoms with Crippen molar-refractivity contribution in [3.05, 3.63) is 50.6 Å². The molecule has 0 aliphatic heterocycles. The van der Waals surface area contributed by atoms with Crippen LogP contribution in [0, 0.1) is 0 Å². The Morgan fingerprint density at radius 1 is 1.39 bits per heavy atom. The van der Waals surface area contributed by atoms with Gasteiger partial charge in [0.15, 0.2) is 0 Å². The number of rotatable bonds is 8. The van der Waals surface area contributed by atoms with Gasteiger partial charge in [-0.15, -0.1) is 11.3 Å². The summed E-state index contributed by atoms with van der Waals surface area (Å²) in [6, 6.07) is 9.40. The molecule has 2 rings (SSSR count). The smallest absolute Gasteiger partial charge is 0.252 e. The quantitative estimate of drug-likeness (QED) is 0.711. The third-order valence-electron chi connectivity index (χ3n) is 3.62. The minimum Gasteiger partial charge on any atom is -0.497 e. The van der Waals surface area contributed by atoms with Gasteiger partial charge in [0.25, 0.3) is 5.91 Å². The second-order valence-electron chi connectivity index (χ2n) is 5.11. The Labute approximate surface area is 148 Å². The van der Waals surface area contributed by atoms with Gasteiger partial charge in [0.2, 0.25) is 0 Å². The van der Waals surface area contributed by atoms with Gasteiger partial charge in [-0.2, -0.15) is 0 Å². The fourth-order valence-electron chi connectivity index (χ4n) is 2.37. The van der Waals surface area contributed by atoms with Gasteiger partial charge < -0.3 is 15.2 Å².